The highest BCUT2D eigenvalue weighted by Gasteiger charge is 2.70. The Bertz CT molecular complexity index is 433. The van der Waals surface area contributed by atoms with E-state index < -0.39 is 11.3 Å². The van der Waals surface area contributed by atoms with Gasteiger partial charge in [0.2, 0.25) is 0 Å². The Balaban J connectivity index is 1.56. The summed E-state index contributed by atoms with van der Waals surface area (Å²) < 4.78 is 39.2. The zero-order valence-electron chi connectivity index (χ0n) is 10.1. The van der Waals surface area contributed by atoms with Gasteiger partial charge in [0.1, 0.15) is 5.82 Å². The van der Waals surface area contributed by atoms with Crippen LogP contribution in [0.1, 0.15) is 24.8 Å². The van der Waals surface area contributed by atoms with Crippen LogP contribution in [0.3, 0.4) is 0 Å². The van der Waals surface area contributed by atoms with Crippen molar-refractivity contribution < 1.29 is 13.2 Å². The summed E-state index contributed by atoms with van der Waals surface area (Å²) in [6, 6.07) is 6.39. The molecular weight excluding hydrogens is 239 g/mol. The molecule has 98 valence electrons. The van der Waals surface area contributed by atoms with Crippen molar-refractivity contribution in [3.05, 3.63) is 35.6 Å². The van der Waals surface area contributed by atoms with Crippen LogP contribution in [-0.2, 0) is 6.54 Å². The van der Waals surface area contributed by atoms with E-state index in [4.69, 9.17) is 0 Å². The number of hydrogen-bond acceptors (Lipinski definition) is 1. The number of likely N-dealkylation sites (tertiary alicyclic amines) is 1. The summed E-state index contributed by atoms with van der Waals surface area (Å²) in [6.07, 6.45) is 1.24. The number of piperidine rings is 1. The number of rotatable bonds is 2. The lowest BCUT2D eigenvalue weighted by Crippen LogP contribution is -2.36. The third-order valence-electron chi connectivity index (χ3n) is 4.34. The molecule has 1 spiro atoms. The first kappa shape index (κ1) is 12.0. The van der Waals surface area contributed by atoms with Gasteiger partial charge in [0, 0.05) is 18.4 Å². The number of benzene rings is 1. The molecule has 1 aromatic rings. The lowest BCUT2D eigenvalue weighted by atomic mass is 9.92. The zero-order chi connectivity index (χ0) is 12.8. The van der Waals surface area contributed by atoms with Crippen molar-refractivity contribution in [1.82, 2.24) is 4.90 Å². The van der Waals surface area contributed by atoms with Gasteiger partial charge in [-0.1, -0.05) is 12.1 Å². The second-order valence-electron chi connectivity index (χ2n) is 5.56. The quantitative estimate of drug-likeness (QED) is 0.782. The van der Waals surface area contributed by atoms with Gasteiger partial charge in [-0.3, -0.25) is 4.90 Å². The smallest absolute Gasteiger partial charge is 0.254 e. The van der Waals surface area contributed by atoms with Gasteiger partial charge in [-0.05, 0) is 43.6 Å². The van der Waals surface area contributed by atoms with Crippen LogP contribution in [-0.4, -0.2) is 23.9 Å². The zero-order valence-corrected chi connectivity index (χ0v) is 10.1. The van der Waals surface area contributed by atoms with Crippen LogP contribution in [0.5, 0.6) is 0 Å². The molecule has 0 atom stereocenters. The Labute approximate surface area is 105 Å². The molecule has 18 heavy (non-hydrogen) atoms. The first-order valence-electron chi connectivity index (χ1n) is 6.35. The lowest BCUT2D eigenvalue weighted by Gasteiger charge is -2.32. The maximum Gasteiger partial charge on any atom is 0.254 e. The van der Waals surface area contributed by atoms with Gasteiger partial charge >= 0.3 is 0 Å². The van der Waals surface area contributed by atoms with Crippen molar-refractivity contribution in [2.75, 3.05) is 13.1 Å². The van der Waals surface area contributed by atoms with Gasteiger partial charge in [0.05, 0.1) is 0 Å². The van der Waals surface area contributed by atoms with E-state index in [1.165, 1.54) is 12.1 Å². The molecule has 1 saturated heterocycles. The summed E-state index contributed by atoms with van der Waals surface area (Å²) >= 11 is 0. The van der Waals surface area contributed by atoms with E-state index in [1.807, 2.05) is 0 Å². The Kier molecular flexibility index (Phi) is 2.66. The molecule has 3 rings (SSSR count). The van der Waals surface area contributed by atoms with Crippen molar-refractivity contribution in [2.45, 2.75) is 31.7 Å². The summed E-state index contributed by atoms with van der Waals surface area (Å²) in [7, 11) is 0. The third-order valence-corrected chi connectivity index (χ3v) is 4.34. The minimum Gasteiger partial charge on any atom is -0.299 e. The van der Waals surface area contributed by atoms with Crippen molar-refractivity contribution >= 4 is 0 Å². The van der Waals surface area contributed by atoms with E-state index in [9.17, 15) is 13.2 Å². The Morgan fingerprint density at radius 2 is 1.61 bits per heavy atom. The number of alkyl halides is 2. The van der Waals surface area contributed by atoms with Crippen molar-refractivity contribution in [3.63, 3.8) is 0 Å². The van der Waals surface area contributed by atoms with Crippen LogP contribution < -0.4 is 0 Å². The van der Waals surface area contributed by atoms with Crippen LogP contribution in [0.15, 0.2) is 24.3 Å². The fourth-order valence-corrected chi connectivity index (χ4v) is 2.91. The van der Waals surface area contributed by atoms with Crippen molar-refractivity contribution in [3.8, 4) is 0 Å². The van der Waals surface area contributed by atoms with Gasteiger partial charge in [0.25, 0.3) is 5.92 Å². The fraction of sp³-hybridized carbons (Fsp3) is 0.571. The highest BCUT2D eigenvalue weighted by Crippen LogP contribution is 2.65. The maximum absolute atomic E-state index is 13.2. The Hall–Kier alpha value is -1.03. The van der Waals surface area contributed by atoms with Gasteiger partial charge in [-0.2, -0.15) is 0 Å². The fourth-order valence-electron chi connectivity index (χ4n) is 2.91. The van der Waals surface area contributed by atoms with E-state index in [1.54, 1.807) is 12.1 Å². The molecule has 0 radical (unpaired) electrons. The van der Waals surface area contributed by atoms with Gasteiger partial charge < -0.3 is 0 Å². The summed E-state index contributed by atoms with van der Waals surface area (Å²) in [5.41, 5.74) is 0.349. The second kappa shape index (κ2) is 3.98. The first-order chi connectivity index (χ1) is 8.51. The van der Waals surface area contributed by atoms with E-state index >= 15 is 0 Å². The highest BCUT2D eigenvalue weighted by molar-refractivity contribution is 5.17. The summed E-state index contributed by atoms with van der Waals surface area (Å²) in [5.74, 6) is -2.66. The van der Waals surface area contributed by atoms with Gasteiger partial charge in [-0.15, -0.1) is 0 Å². The average molecular weight is 255 g/mol. The largest absolute Gasteiger partial charge is 0.299 e. The average Bonchev–Trinajstić information content (AvgIpc) is 2.87. The number of hydrogen-bond donors (Lipinski definition) is 0. The first-order valence-corrected chi connectivity index (χ1v) is 6.35. The third kappa shape index (κ3) is 2.03. The Morgan fingerprint density at radius 3 is 2.11 bits per heavy atom. The van der Waals surface area contributed by atoms with E-state index in [0.717, 1.165) is 12.1 Å². The molecule has 1 aromatic carbocycles. The predicted octanol–water partition coefficient (Wildman–Crippen LogP) is 3.45. The van der Waals surface area contributed by atoms with Crippen LogP contribution >= 0.6 is 0 Å². The van der Waals surface area contributed by atoms with Crippen LogP contribution in [0, 0.1) is 11.2 Å². The highest BCUT2D eigenvalue weighted by atomic mass is 19.3. The van der Waals surface area contributed by atoms with E-state index in [0.29, 0.717) is 25.9 Å². The van der Waals surface area contributed by atoms with Crippen LogP contribution in [0.2, 0.25) is 0 Å². The van der Waals surface area contributed by atoms with E-state index in [-0.39, 0.29) is 12.2 Å². The standard InChI is InChI=1S/C14H16F3N/c15-12-3-1-11(2-4-12)9-18-7-5-13(6-8-18)10-14(13,16)17/h1-4H,5-10H2. The number of nitrogens with zero attached hydrogens (tertiary/aromatic N) is 1. The molecule has 0 N–H and O–H groups in total. The van der Waals surface area contributed by atoms with Crippen LogP contribution in [0.4, 0.5) is 13.2 Å². The molecular formula is C14H16F3N. The van der Waals surface area contributed by atoms with Crippen molar-refractivity contribution in [1.29, 1.82) is 0 Å². The minimum atomic E-state index is -2.42. The Morgan fingerprint density at radius 1 is 1.06 bits per heavy atom. The summed E-state index contributed by atoms with van der Waals surface area (Å²) in [6.45, 7) is 2.15. The van der Waals surface area contributed by atoms with Crippen LogP contribution in [0.25, 0.3) is 0 Å². The topological polar surface area (TPSA) is 3.24 Å². The SMILES string of the molecule is Fc1ccc(CN2CCC3(CC2)CC3(F)F)cc1. The lowest BCUT2D eigenvalue weighted by molar-refractivity contribution is 0.0300. The molecule has 1 nitrogen and oxygen atoms in total. The maximum atomic E-state index is 13.2. The molecule has 1 saturated carbocycles. The molecule has 1 heterocycles. The van der Waals surface area contributed by atoms with Crippen molar-refractivity contribution in [2.24, 2.45) is 5.41 Å². The van der Waals surface area contributed by atoms with Gasteiger partial charge in [0.15, 0.2) is 0 Å². The molecule has 2 fully saturated rings. The molecule has 1 aliphatic carbocycles. The summed E-state index contributed by atoms with van der Waals surface area (Å²) in [4.78, 5) is 2.17. The monoisotopic (exact) mass is 255 g/mol. The number of halogens is 3. The predicted molar refractivity (Wildman–Crippen MR) is 62.9 cm³/mol. The molecule has 2 aliphatic rings. The molecule has 4 heteroatoms. The molecule has 0 aromatic heterocycles. The molecule has 0 amide bonds. The molecule has 0 unspecified atom stereocenters. The molecule has 1 aliphatic heterocycles. The van der Waals surface area contributed by atoms with Gasteiger partial charge in [-0.25, -0.2) is 13.2 Å². The minimum absolute atomic E-state index is 0.0738. The molecule has 0 bridgehead atoms. The summed E-state index contributed by atoms with van der Waals surface area (Å²) in [5, 5.41) is 0. The van der Waals surface area contributed by atoms with E-state index in [2.05, 4.69) is 4.90 Å². The normalized spacial score (nSPS) is 25.3. The second-order valence-corrected chi connectivity index (χ2v) is 5.56.